The number of carbonyl (C=O) groups excluding carboxylic acids is 1. The average Bonchev–Trinajstić information content (AvgIpc) is 2.84. The molecule has 0 saturated heterocycles. The lowest BCUT2D eigenvalue weighted by Gasteiger charge is -2.14. The number of carbonyl (C=O) groups is 1. The van der Waals surface area contributed by atoms with Crippen molar-refractivity contribution in [2.45, 2.75) is 12.6 Å². The smallest absolute Gasteiger partial charge is 0.340 e. The molecule has 100 valence electrons. The Labute approximate surface area is 109 Å². The van der Waals surface area contributed by atoms with E-state index in [0.717, 1.165) is 5.56 Å². The van der Waals surface area contributed by atoms with Crippen molar-refractivity contribution in [1.82, 2.24) is 20.5 Å². The van der Waals surface area contributed by atoms with Crippen LogP contribution in [0.25, 0.3) is 0 Å². The highest BCUT2D eigenvalue weighted by Gasteiger charge is 2.19. The molecule has 0 aliphatic rings. The first-order valence-electron chi connectivity index (χ1n) is 5.69. The summed E-state index contributed by atoms with van der Waals surface area (Å²) in [5.74, 6) is 0.0683. The Morgan fingerprint density at radius 2 is 2.16 bits per heavy atom. The van der Waals surface area contributed by atoms with Gasteiger partial charge in [0.15, 0.2) is 6.10 Å². The van der Waals surface area contributed by atoms with Crippen LogP contribution in [0.3, 0.4) is 0 Å². The first kappa shape index (κ1) is 13.0. The molecule has 3 N–H and O–H groups in total. The van der Waals surface area contributed by atoms with Crippen molar-refractivity contribution in [3.8, 4) is 0 Å². The van der Waals surface area contributed by atoms with Crippen molar-refractivity contribution >= 4 is 5.91 Å². The van der Waals surface area contributed by atoms with Gasteiger partial charge in [0.25, 0.3) is 5.91 Å². The summed E-state index contributed by atoms with van der Waals surface area (Å²) >= 11 is 0. The molecule has 1 heterocycles. The van der Waals surface area contributed by atoms with Crippen molar-refractivity contribution in [3.05, 3.63) is 52.2 Å². The van der Waals surface area contributed by atoms with Crippen LogP contribution in [0.15, 0.2) is 35.1 Å². The second-order valence-electron chi connectivity index (χ2n) is 3.87. The van der Waals surface area contributed by atoms with Crippen molar-refractivity contribution in [3.63, 3.8) is 0 Å². The number of nitrogens with zero attached hydrogens (tertiary/aromatic N) is 1. The summed E-state index contributed by atoms with van der Waals surface area (Å²) in [6.45, 7) is 0.129. The van der Waals surface area contributed by atoms with Gasteiger partial charge in [-0.3, -0.25) is 9.78 Å². The number of nitrogens with one attached hydrogen (secondary N) is 3. The summed E-state index contributed by atoms with van der Waals surface area (Å²) in [6.07, 6.45) is -0.688. The van der Waals surface area contributed by atoms with Crippen LogP contribution >= 0.6 is 0 Å². The van der Waals surface area contributed by atoms with E-state index in [2.05, 4.69) is 20.5 Å². The molecule has 0 aliphatic carbocycles. The second kappa shape index (κ2) is 5.96. The third-order valence-electron chi connectivity index (χ3n) is 2.56. The van der Waals surface area contributed by atoms with E-state index in [9.17, 15) is 9.59 Å². The van der Waals surface area contributed by atoms with Crippen LogP contribution in [0.2, 0.25) is 0 Å². The monoisotopic (exact) mass is 262 g/mol. The minimum atomic E-state index is -0.688. The highest BCUT2D eigenvalue weighted by molar-refractivity contribution is 5.82. The van der Waals surface area contributed by atoms with Gasteiger partial charge in [0, 0.05) is 7.11 Å². The number of H-pyrrole nitrogens is 2. The fraction of sp³-hybridized carbons (Fsp3) is 0.250. The minimum Gasteiger partial charge on any atom is -0.367 e. The van der Waals surface area contributed by atoms with Crippen LogP contribution in [0.4, 0.5) is 0 Å². The molecule has 1 atom stereocenters. The Hall–Kier alpha value is -2.41. The van der Waals surface area contributed by atoms with Gasteiger partial charge in [-0.05, 0) is 5.56 Å². The maximum absolute atomic E-state index is 12.0. The molecule has 19 heavy (non-hydrogen) atoms. The number of rotatable bonds is 5. The maximum atomic E-state index is 12.0. The van der Waals surface area contributed by atoms with Gasteiger partial charge in [0.2, 0.25) is 0 Å². The van der Waals surface area contributed by atoms with E-state index in [0.29, 0.717) is 5.82 Å². The number of hydrogen-bond donors (Lipinski definition) is 3. The highest BCUT2D eigenvalue weighted by Crippen LogP contribution is 2.16. The fourth-order valence-electron chi connectivity index (χ4n) is 1.67. The third-order valence-corrected chi connectivity index (χ3v) is 2.56. The number of benzene rings is 1. The molecule has 1 aromatic heterocycles. The molecule has 2 aromatic rings. The lowest BCUT2D eigenvalue weighted by atomic mass is 10.1. The maximum Gasteiger partial charge on any atom is 0.340 e. The molecule has 0 bridgehead atoms. The molecule has 2 rings (SSSR count). The van der Waals surface area contributed by atoms with Gasteiger partial charge in [-0.2, -0.15) is 5.10 Å². The number of aromatic nitrogens is 3. The van der Waals surface area contributed by atoms with Crippen LogP contribution in [0, 0.1) is 0 Å². The molecule has 1 amide bonds. The molecule has 0 saturated carbocycles. The summed E-state index contributed by atoms with van der Waals surface area (Å²) < 4.78 is 5.18. The SMILES string of the molecule is COC(C(=O)NCc1n[nH]c(=O)[nH]1)c1ccccc1. The van der Waals surface area contributed by atoms with Gasteiger partial charge in [0.05, 0.1) is 6.54 Å². The zero-order valence-corrected chi connectivity index (χ0v) is 10.3. The van der Waals surface area contributed by atoms with E-state index >= 15 is 0 Å². The summed E-state index contributed by atoms with van der Waals surface area (Å²) in [7, 11) is 1.47. The first-order chi connectivity index (χ1) is 9.20. The van der Waals surface area contributed by atoms with Gasteiger partial charge in [-0.15, -0.1) is 0 Å². The van der Waals surface area contributed by atoms with Crippen molar-refractivity contribution in [1.29, 1.82) is 0 Å². The number of hydrogen-bond acceptors (Lipinski definition) is 4. The topological polar surface area (TPSA) is 99.9 Å². The van der Waals surface area contributed by atoms with E-state index in [-0.39, 0.29) is 12.5 Å². The van der Waals surface area contributed by atoms with E-state index in [1.54, 1.807) is 0 Å². The Morgan fingerprint density at radius 1 is 1.42 bits per heavy atom. The van der Waals surface area contributed by atoms with Gasteiger partial charge >= 0.3 is 5.69 Å². The zero-order valence-electron chi connectivity index (χ0n) is 10.3. The van der Waals surface area contributed by atoms with Crippen LogP contribution in [-0.2, 0) is 16.1 Å². The van der Waals surface area contributed by atoms with E-state index in [4.69, 9.17) is 4.74 Å². The molecule has 7 nitrogen and oxygen atoms in total. The standard InChI is InChI=1S/C12H14N4O3/c1-19-10(8-5-3-2-4-6-8)11(17)13-7-9-14-12(18)16-15-9/h2-6,10H,7H2,1H3,(H,13,17)(H2,14,15,16,18). The van der Waals surface area contributed by atoms with E-state index in [1.165, 1.54) is 7.11 Å². The Morgan fingerprint density at radius 3 is 2.74 bits per heavy atom. The fourth-order valence-corrected chi connectivity index (χ4v) is 1.67. The molecule has 1 unspecified atom stereocenters. The number of methoxy groups -OCH3 is 1. The third kappa shape index (κ3) is 3.29. The van der Waals surface area contributed by atoms with Crippen molar-refractivity contribution in [2.24, 2.45) is 0 Å². The summed E-state index contributed by atoms with van der Waals surface area (Å²) in [5.41, 5.74) is 0.355. The molecule has 0 spiro atoms. The average molecular weight is 262 g/mol. The quantitative estimate of drug-likeness (QED) is 0.711. The molecule has 0 fully saturated rings. The molecule has 1 aromatic carbocycles. The van der Waals surface area contributed by atoms with Crippen LogP contribution < -0.4 is 11.0 Å². The van der Waals surface area contributed by atoms with Gasteiger partial charge in [-0.1, -0.05) is 30.3 Å². The summed E-state index contributed by atoms with van der Waals surface area (Å²) in [4.78, 5) is 25.3. The Kier molecular flexibility index (Phi) is 4.09. The minimum absolute atomic E-state index is 0.129. The largest absolute Gasteiger partial charge is 0.367 e. The first-order valence-corrected chi connectivity index (χ1v) is 5.69. The summed E-state index contributed by atoms with van der Waals surface area (Å²) in [6, 6.07) is 9.15. The summed E-state index contributed by atoms with van der Waals surface area (Å²) in [5, 5.41) is 8.57. The molecule has 0 radical (unpaired) electrons. The van der Waals surface area contributed by atoms with Gasteiger partial charge in [-0.25, -0.2) is 9.89 Å². The lowest BCUT2D eigenvalue weighted by molar-refractivity contribution is -0.131. The van der Waals surface area contributed by atoms with Crippen LogP contribution in [-0.4, -0.2) is 28.2 Å². The van der Waals surface area contributed by atoms with E-state index < -0.39 is 11.8 Å². The second-order valence-corrected chi connectivity index (χ2v) is 3.87. The molecular formula is C12H14N4O3. The normalized spacial score (nSPS) is 12.1. The number of amides is 1. The highest BCUT2D eigenvalue weighted by atomic mass is 16.5. The van der Waals surface area contributed by atoms with E-state index in [1.807, 2.05) is 30.3 Å². The molecular weight excluding hydrogens is 248 g/mol. The molecule has 7 heteroatoms. The number of aromatic amines is 2. The molecule has 0 aliphatic heterocycles. The number of ether oxygens (including phenoxy) is 1. The van der Waals surface area contributed by atoms with Crippen LogP contribution in [0.5, 0.6) is 0 Å². The Balaban J connectivity index is 2.00. The van der Waals surface area contributed by atoms with Gasteiger partial charge in [0.1, 0.15) is 5.82 Å². The Bertz CT molecular complexity index is 590. The van der Waals surface area contributed by atoms with Gasteiger partial charge < -0.3 is 10.1 Å². The predicted molar refractivity (Wildman–Crippen MR) is 67.2 cm³/mol. The van der Waals surface area contributed by atoms with Crippen LogP contribution in [0.1, 0.15) is 17.5 Å². The van der Waals surface area contributed by atoms with Crippen molar-refractivity contribution in [2.75, 3.05) is 7.11 Å². The predicted octanol–water partition coefficient (Wildman–Crippen LogP) is 0.102. The lowest BCUT2D eigenvalue weighted by Crippen LogP contribution is -2.30. The van der Waals surface area contributed by atoms with Crippen molar-refractivity contribution < 1.29 is 9.53 Å². The zero-order chi connectivity index (χ0) is 13.7.